The molecule has 1 fully saturated rings. The maximum Gasteiger partial charge on any atom is 0.224 e. The van der Waals surface area contributed by atoms with E-state index in [9.17, 15) is 4.79 Å². The highest BCUT2D eigenvalue weighted by atomic mass is 79.9. The number of nitrogen functional groups attached to an aromatic ring is 1. The number of anilines is 2. The van der Waals surface area contributed by atoms with Gasteiger partial charge in [0.2, 0.25) is 5.91 Å². The fraction of sp³-hybridized carbons (Fsp3) is 0.364. The van der Waals surface area contributed by atoms with E-state index in [1.54, 1.807) is 6.07 Å². The van der Waals surface area contributed by atoms with E-state index in [0.717, 1.165) is 10.2 Å². The van der Waals surface area contributed by atoms with E-state index in [-0.39, 0.29) is 5.91 Å². The number of benzene rings is 1. The van der Waals surface area contributed by atoms with Gasteiger partial charge in [0.25, 0.3) is 0 Å². The first-order valence-corrected chi connectivity index (χ1v) is 5.79. The molecule has 1 aromatic rings. The number of amides is 1. The van der Waals surface area contributed by atoms with Gasteiger partial charge in [0.05, 0.1) is 0 Å². The van der Waals surface area contributed by atoms with Gasteiger partial charge in [-0.05, 0) is 52.9 Å². The number of nitrogens with one attached hydrogen (secondary N) is 1. The van der Waals surface area contributed by atoms with E-state index < -0.39 is 0 Å². The smallest absolute Gasteiger partial charge is 0.224 e. The predicted molar refractivity (Wildman–Crippen MR) is 64.5 cm³/mol. The monoisotopic (exact) mass is 268 g/mol. The fourth-order valence-electron chi connectivity index (χ4n) is 1.40. The Morgan fingerprint density at radius 2 is 2.27 bits per heavy atom. The van der Waals surface area contributed by atoms with Crippen LogP contribution in [0.4, 0.5) is 11.4 Å². The first kappa shape index (κ1) is 10.5. The van der Waals surface area contributed by atoms with Crippen LogP contribution in [0.5, 0.6) is 0 Å². The van der Waals surface area contributed by atoms with Crippen molar-refractivity contribution in [3.8, 4) is 0 Å². The summed E-state index contributed by atoms with van der Waals surface area (Å²) in [5, 5.41) is 2.86. The summed E-state index contributed by atoms with van der Waals surface area (Å²) in [5.41, 5.74) is 7.12. The van der Waals surface area contributed by atoms with Crippen LogP contribution in [0.1, 0.15) is 19.3 Å². The molecule has 80 valence electrons. The number of hydrogen-bond acceptors (Lipinski definition) is 2. The van der Waals surface area contributed by atoms with Crippen LogP contribution >= 0.6 is 15.9 Å². The molecule has 15 heavy (non-hydrogen) atoms. The van der Waals surface area contributed by atoms with Crippen molar-refractivity contribution >= 4 is 33.2 Å². The Kier molecular flexibility index (Phi) is 2.95. The second kappa shape index (κ2) is 4.23. The van der Waals surface area contributed by atoms with Crippen LogP contribution in [0.3, 0.4) is 0 Å². The molecule has 3 nitrogen and oxygen atoms in total. The minimum absolute atomic E-state index is 0.0918. The summed E-state index contributed by atoms with van der Waals surface area (Å²) < 4.78 is 0.812. The Morgan fingerprint density at radius 1 is 1.53 bits per heavy atom. The predicted octanol–water partition coefficient (Wildman–Crippen LogP) is 2.77. The van der Waals surface area contributed by atoms with E-state index in [0.29, 0.717) is 18.0 Å². The third-order valence-corrected chi connectivity index (χ3v) is 3.14. The molecule has 1 aliphatic carbocycles. The van der Waals surface area contributed by atoms with E-state index in [1.807, 2.05) is 12.1 Å². The standard InChI is InChI=1S/C11H13BrN2O/c12-9-6-8(3-4-10(9)13)14-11(15)5-7-1-2-7/h3-4,6-7H,1-2,5,13H2,(H,14,15). The Morgan fingerprint density at radius 3 is 2.87 bits per heavy atom. The maximum atomic E-state index is 11.5. The first-order valence-electron chi connectivity index (χ1n) is 5.00. The Balaban J connectivity index is 1.97. The molecule has 0 saturated heterocycles. The van der Waals surface area contributed by atoms with Crippen LogP contribution in [0, 0.1) is 5.92 Å². The molecule has 3 N–H and O–H groups in total. The molecule has 4 heteroatoms. The van der Waals surface area contributed by atoms with Crippen molar-refractivity contribution in [3.63, 3.8) is 0 Å². The van der Waals surface area contributed by atoms with Crippen molar-refractivity contribution in [3.05, 3.63) is 22.7 Å². The molecule has 1 aliphatic rings. The van der Waals surface area contributed by atoms with Gasteiger partial charge in [0, 0.05) is 22.3 Å². The molecular weight excluding hydrogens is 256 g/mol. The van der Waals surface area contributed by atoms with E-state index >= 15 is 0 Å². The molecule has 0 radical (unpaired) electrons. The first-order chi connectivity index (χ1) is 7.15. The van der Waals surface area contributed by atoms with Gasteiger partial charge in [-0.25, -0.2) is 0 Å². The summed E-state index contributed by atoms with van der Waals surface area (Å²) >= 11 is 3.32. The highest BCUT2D eigenvalue weighted by Gasteiger charge is 2.24. The van der Waals surface area contributed by atoms with E-state index in [2.05, 4.69) is 21.2 Å². The van der Waals surface area contributed by atoms with Gasteiger partial charge in [0.1, 0.15) is 0 Å². The average Bonchev–Trinajstić information content (AvgIpc) is 2.95. The van der Waals surface area contributed by atoms with E-state index in [1.165, 1.54) is 12.8 Å². The summed E-state index contributed by atoms with van der Waals surface area (Å²) in [6, 6.07) is 5.40. The molecule has 1 aromatic carbocycles. The van der Waals surface area contributed by atoms with Gasteiger partial charge < -0.3 is 11.1 Å². The number of carbonyl (C=O) groups is 1. The Hall–Kier alpha value is -1.03. The zero-order chi connectivity index (χ0) is 10.8. The second-order valence-electron chi connectivity index (χ2n) is 3.93. The summed E-state index contributed by atoms with van der Waals surface area (Å²) in [4.78, 5) is 11.5. The van der Waals surface area contributed by atoms with Crippen LogP contribution < -0.4 is 11.1 Å². The third kappa shape index (κ3) is 2.96. The summed E-state index contributed by atoms with van der Waals surface area (Å²) in [6.45, 7) is 0. The van der Waals surface area contributed by atoms with Crippen LogP contribution in [0.15, 0.2) is 22.7 Å². The quantitative estimate of drug-likeness (QED) is 0.829. The van der Waals surface area contributed by atoms with Crippen molar-refractivity contribution in [2.75, 3.05) is 11.1 Å². The molecular formula is C11H13BrN2O. The Labute approximate surface area is 97.2 Å². The topological polar surface area (TPSA) is 55.1 Å². The lowest BCUT2D eigenvalue weighted by molar-refractivity contribution is -0.116. The molecule has 0 spiro atoms. The van der Waals surface area contributed by atoms with Crippen LogP contribution in [0.25, 0.3) is 0 Å². The minimum atomic E-state index is 0.0918. The van der Waals surface area contributed by atoms with E-state index in [4.69, 9.17) is 5.73 Å². The van der Waals surface area contributed by atoms with Gasteiger partial charge >= 0.3 is 0 Å². The molecule has 0 unspecified atom stereocenters. The van der Waals surface area contributed by atoms with Crippen molar-refractivity contribution in [1.29, 1.82) is 0 Å². The largest absolute Gasteiger partial charge is 0.398 e. The highest BCUT2D eigenvalue weighted by molar-refractivity contribution is 9.10. The van der Waals surface area contributed by atoms with Crippen molar-refractivity contribution in [2.24, 2.45) is 5.92 Å². The van der Waals surface area contributed by atoms with Gasteiger partial charge in [-0.3, -0.25) is 4.79 Å². The van der Waals surface area contributed by atoms with Crippen molar-refractivity contribution in [2.45, 2.75) is 19.3 Å². The second-order valence-corrected chi connectivity index (χ2v) is 4.79. The normalized spacial score (nSPS) is 15.0. The number of carbonyl (C=O) groups excluding carboxylic acids is 1. The van der Waals surface area contributed by atoms with Crippen LogP contribution in [-0.4, -0.2) is 5.91 Å². The highest BCUT2D eigenvalue weighted by Crippen LogP contribution is 2.32. The molecule has 0 aromatic heterocycles. The summed E-state index contributed by atoms with van der Waals surface area (Å²) in [7, 11) is 0. The maximum absolute atomic E-state index is 11.5. The molecule has 1 saturated carbocycles. The molecule has 0 bridgehead atoms. The summed E-state index contributed by atoms with van der Waals surface area (Å²) in [6.07, 6.45) is 3.03. The lowest BCUT2D eigenvalue weighted by Crippen LogP contribution is -2.11. The van der Waals surface area contributed by atoms with Gasteiger partial charge in [0.15, 0.2) is 0 Å². The molecule has 0 heterocycles. The molecule has 0 atom stereocenters. The minimum Gasteiger partial charge on any atom is -0.398 e. The zero-order valence-corrected chi connectivity index (χ0v) is 9.88. The average molecular weight is 269 g/mol. The third-order valence-electron chi connectivity index (χ3n) is 2.46. The number of hydrogen-bond donors (Lipinski definition) is 2. The molecule has 2 rings (SSSR count). The van der Waals surface area contributed by atoms with Crippen LogP contribution in [-0.2, 0) is 4.79 Å². The number of halogens is 1. The van der Waals surface area contributed by atoms with Crippen molar-refractivity contribution in [1.82, 2.24) is 0 Å². The lowest BCUT2D eigenvalue weighted by atomic mass is 10.2. The molecule has 1 amide bonds. The zero-order valence-electron chi connectivity index (χ0n) is 8.29. The SMILES string of the molecule is Nc1ccc(NC(=O)CC2CC2)cc1Br. The van der Waals surface area contributed by atoms with Gasteiger partial charge in [-0.2, -0.15) is 0 Å². The van der Waals surface area contributed by atoms with Crippen molar-refractivity contribution < 1.29 is 4.79 Å². The van der Waals surface area contributed by atoms with Gasteiger partial charge in [-0.15, -0.1) is 0 Å². The number of nitrogens with two attached hydrogens (primary N) is 1. The summed E-state index contributed by atoms with van der Waals surface area (Å²) in [5.74, 6) is 0.705. The Bertz CT molecular complexity index is 388. The molecule has 0 aliphatic heterocycles. The lowest BCUT2D eigenvalue weighted by Gasteiger charge is -2.06. The fourth-order valence-corrected chi connectivity index (χ4v) is 1.78. The van der Waals surface area contributed by atoms with Crippen LogP contribution in [0.2, 0.25) is 0 Å². The van der Waals surface area contributed by atoms with Gasteiger partial charge in [-0.1, -0.05) is 0 Å². The number of rotatable bonds is 3.